The molecule has 0 bridgehead atoms. The van der Waals surface area contributed by atoms with Gasteiger partial charge in [-0.05, 0) is 77.0 Å². The minimum absolute atomic E-state index is 0.0150. The van der Waals surface area contributed by atoms with E-state index < -0.39 is 114 Å². The van der Waals surface area contributed by atoms with Gasteiger partial charge in [-0.3, -0.25) is 38.4 Å². The lowest BCUT2D eigenvalue weighted by Crippen LogP contribution is -2.61. The number of carboxylic acid groups (broad SMARTS) is 2. The lowest BCUT2D eigenvalue weighted by atomic mass is 9.97. The van der Waals surface area contributed by atoms with E-state index in [1.165, 1.54) is 28.5 Å². The van der Waals surface area contributed by atoms with Crippen LogP contribution in [0, 0.1) is 11.8 Å². The van der Waals surface area contributed by atoms with Crippen LogP contribution in [-0.4, -0.2) is 157 Å². The maximum Gasteiger partial charge on any atom is 0.326 e. The van der Waals surface area contributed by atoms with Crippen LogP contribution in [0.3, 0.4) is 0 Å². The summed E-state index contributed by atoms with van der Waals surface area (Å²) in [6, 6.07) is -9.00. The predicted molar refractivity (Wildman–Crippen MR) is 211 cm³/mol. The van der Waals surface area contributed by atoms with E-state index in [9.17, 15) is 53.4 Å². The molecule has 0 aromatic heterocycles. The maximum absolute atomic E-state index is 13.8. The Kier molecular flexibility index (Phi) is 18.1. The van der Waals surface area contributed by atoms with Gasteiger partial charge in [0.25, 0.3) is 0 Å². The maximum atomic E-state index is 13.8. The van der Waals surface area contributed by atoms with E-state index in [-0.39, 0.29) is 57.2 Å². The lowest BCUT2D eigenvalue weighted by Gasteiger charge is -2.33. The van der Waals surface area contributed by atoms with Crippen molar-refractivity contribution < 1.29 is 58.5 Å². The van der Waals surface area contributed by atoms with Gasteiger partial charge in [-0.1, -0.05) is 34.1 Å². The normalized spacial score (nSPS) is 22.7. The molecule has 0 aliphatic carbocycles. The molecule has 3 rings (SSSR count). The zero-order valence-corrected chi connectivity index (χ0v) is 35.0. The largest absolute Gasteiger partial charge is 0.481 e. The molecule has 0 aromatic rings. The second-order valence-corrected chi connectivity index (χ2v) is 16.5. The third kappa shape index (κ3) is 12.8. The topological polar surface area (TPSA) is 298 Å². The number of hydrogen-bond acceptors (Lipinski definition) is 11. The Bertz CT molecular complexity index is 1580. The van der Waals surface area contributed by atoms with Crippen LogP contribution in [0.5, 0.6) is 0 Å². The van der Waals surface area contributed by atoms with Gasteiger partial charge >= 0.3 is 11.9 Å². The molecule has 7 amide bonds. The molecule has 10 atom stereocenters. The molecule has 20 heteroatoms. The number of rotatable bonds is 20. The first-order valence-electron chi connectivity index (χ1n) is 20.7. The van der Waals surface area contributed by atoms with Crippen molar-refractivity contribution in [3.63, 3.8) is 0 Å². The fraction of sp³-hybridized carbons (Fsp3) is 0.769. The van der Waals surface area contributed by atoms with Gasteiger partial charge in [-0.2, -0.15) is 0 Å². The van der Waals surface area contributed by atoms with E-state index in [0.717, 1.165) is 0 Å². The molecule has 59 heavy (non-hydrogen) atoms. The molecule has 3 heterocycles. The Labute approximate surface area is 344 Å². The van der Waals surface area contributed by atoms with Crippen LogP contribution in [0.2, 0.25) is 0 Å². The molecule has 0 spiro atoms. The van der Waals surface area contributed by atoms with E-state index in [0.29, 0.717) is 32.1 Å². The van der Waals surface area contributed by atoms with E-state index >= 15 is 0 Å². The van der Waals surface area contributed by atoms with Crippen LogP contribution in [0.4, 0.5) is 0 Å². The summed E-state index contributed by atoms with van der Waals surface area (Å²) < 4.78 is 0. The number of likely N-dealkylation sites (tertiary alicyclic amines) is 3. The first kappa shape index (κ1) is 48.5. The number of nitrogens with two attached hydrogens (primary N) is 1. The summed E-state index contributed by atoms with van der Waals surface area (Å²) in [5.74, 6) is -7.16. The van der Waals surface area contributed by atoms with Gasteiger partial charge < -0.3 is 57.0 Å². The van der Waals surface area contributed by atoms with Gasteiger partial charge in [-0.15, -0.1) is 0 Å². The van der Waals surface area contributed by atoms with Crippen LogP contribution in [0.25, 0.3) is 0 Å². The highest BCUT2D eigenvalue weighted by molar-refractivity contribution is 5.98. The van der Waals surface area contributed by atoms with Gasteiger partial charge in [-0.25, -0.2) is 4.79 Å². The average molecular weight is 837 g/mol. The van der Waals surface area contributed by atoms with Crippen molar-refractivity contribution >= 4 is 53.3 Å². The van der Waals surface area contributed by atoms with Crippen molar-refractivity contribution in [2.24, 2.45) is 17.6 Å². The molecule has 0 aromatic carbocycles. The second-order valence-electron chi connectivity index (χ2n) is 16.5. The molecule has 20 nitrogen and oxygen atoms in total. The van der Waals surface area contributed by atoms with E-state index in [4.69, 9.17) is 10.8 Å². The average Bonchev–Trinajstić information content (AvgIpc) is 3.98. The molecule has 9 N–H and O–H groups in total. The Balaban J connectivity index is 1.67. The van der Waals surface area contributed by atoms with Gasteiger partial charge in [0.1, 0.15) is 42.3 Å². The number of carbonyl (C=O) groups is 9. The zero-order valence-electron chi connectivity index (χ0n) is 35.0. The van der Waals surface area contributed by atoms with Crippen molar-refractivity contribution in [3.8, 4) is 0 Å². The zero-order chi connectivity index (χ0) is 44.3. The van der Waals surface area contributed by atoms with Crippen LogP contribution < -0.4 is 27.0 Å². The highest BCUT2D eigenvalue weighted by atomic mass is 16.4. The summed E-state index contributed by atoms with van der Waals surface area (Å²) in [5, 5.41) is 39.2. The summed E-state index contributed by atoms with van der Waals surface area (Å²) in [7, 11) is 0. The van der Waals surface area contributed by atoms with Crippen molar-refractivity contribution in [1.82, 2.24) is 36.0 Å². The molecule has 0 saturated carbocycles. The van der Waals surface area contributed by atoms with Crippen molar-refractivity contribution in [3.05, 3.63) is 0 Å². The quantitative estimate of drug-likeness (QED) is 0.0706. The van der Waals surface area contributed by atoms with Crippen LogP contribution >= 0.6 is 0 Å². The number of aliphatic carboxylic acids is 2. The number of nitrogens with zero attached hydrogens (tertiary/aromatic N) is 3. The van der Waals surface area contributed by atoms with Gasteiger partial charge in [0.15, 0.2) is 0 Å². The Morgan fingerprint density at radius 1 is 0.678 bits per heavy atom. The second kappa shape index (κ2) is 22.0. The summed E-state index contributed by atoms with van der Waals surface area (Å²) >= 11 is 0. The van der Waals surface area contributed by atoms with Crippen molar-refractivity contribution in [2.75, 3.05) is 19.6 Å². The SMILES string of the molecule is CC[C@H](C)[C@H](N)C(=O)N[C@@H](CC(C)C)C(=O)N1CCC[C@H]1C(=O)N[C@H](C(=O)N[C@@H](C)C(=O)N1CCC[C@H]1C(=O)N1CCC[C@H]1C(=O)N[C@@H](CCC(=O)O)C(=O)O)[C@@H](C)O. The molecule has 3 aliphatic heterocycles. The Morgan fingerprint density at radius 3 is 1.73 bits per heavy atom. The summed E-state index contributed by atoms with van der Waals surface area (Å²) in [4.78, 5) is 121. The lowest BCUT2D eigenvalue weighted by molar-refractivity contribution is -0.149. The highest BCUT2D eigenvalue weighted by Gasteiger charge is 2.45. The molecular weight excluding hydrogens is 772 g/mol. The minimum atomic E-state index is -1.53. The number of carbonyl (C=O) groups excluding carboxylic acids is 7. The Hall–Kier alpha value is -4.85. The minimum Gasteiger partial charge on any atom is -0.481 e. The van der Waals surface area contributed by atoms with Crippen molar-refractivity contribution in [1.29, 1.82) is 0 Å². The van der Waals surface area contributed by atoms with E-state index in [2.05, 4.69) is 21.3 Å². The molecule has 3 fully saturated rings. The van der Waals surface area contributed by atoms with Crippen LogP contribution in [0.1, 0.15) is 106 Å². The number of hydrogen-bond donors (Lipinski definition) is 8. The van der Waals surface area contributed by atoms with Crippen molar-refractivity contribution in [2.45, 2.75) is 160 Å². The molecule has 332 valence electrons. The summed E-state index contributed by atoms with van der Waals surface area (Å²) in [6.45, 7) is 10.8. The fourth-order valence-corrected chi connectivity index (χ4v) is 7.82. The molecule has 0 unspecified atom stereocenters. The monoisotopic (exact) mass is 836 g/mol. The number of amides is 7. The number of carboxylic acids is 2. The smallest absolute Gasteiger partial charge is 0.326 e. The fourth-order valence-electron chi connectivity index (χ4n) is 7.82. The third-order valence-electron chi connectivity index (χ3n) is 11.4. The predicted octanol–water partition coefficient (Wildman–Crippen LogP) is -1.33. The number of aliphatic hydroxyl groups excluding tert-OH is 1. The molecule has 0 radical (unpaired) electrons. The Morgan fingerprint density at radius 2 is 1.20 bits per heavy atom. The third-order valence-corrected chi connectivity index (χ3v) is 11.4. The summed E-state index contributed by atoms with van der Waals surface area (Å²) in [6.07, 6.45) is 0.823. The van der Waals surface area contributed by atoms with E-state index in [1.54, 1.807) is 0 Å². The van der Waals surface area contributed by atoms with Gasteiger partial charge in [0.05, 0.1) is 12.1 Å². The van der Waals surface area contributed by atoms with Crippen LogP contribution in [0.15, 0.2) is 0 Å². The number of aliphatic hydroxyl groups is 1. The standard InChI is InChI=1S/C39H64N8O12/c1-7-21(4)30(40)34(53)43-25(19-20(2)3)37(56)45-16-8-12-27(45)33(52)44-31(23(6)48)35(54)41-22(5)36(55)47-18-10-13-28(47)38(57)46-17-9-11-26(46)32(51)42-24(39(58)59)14-15-29(49)50/h20-28,30-31,48H,7-19,40H2,1-6H3,(H,41,54)(H,42,51)(H,43,53)(H,44,52)(H,49,50)(H,58,59)/t21-,22-,23+,24-,25-,26-,27-,28-,30-,31-/m0/s1. The number of nitrogens with one attached hydrogen (secondary N) is 4. The summed E-state index contributed by atoms with van der Waals surface area (Å²) in [5.41, 5.74) is 6.13. The van der Waals surface area contributed by atoms with Crippen LogP contribution in [-0.2, 0) is 43.2 Å². The first-order valence-corrected chi connectivity index (χ1v) is 20.7. The molecular formula is C39H64N8O12. The van der Waals surface area contributed by atoms with E-state index in [1.807, 2.05) is 27.7 Å². The van der Waals surface area contributed by atoms with Gasteiger partial charge in [0.2, 0.25) is 41.4 Å². The molecule has 3 saturated heterocycles. The first-order chi connectivity index (χ1) is 27.7. The van der Waals surface area contributed by atoms with Gasteiger partial charge in [0, 0.05) is 26.1 Å². The highest BCUT2D eigenvalue weighted by Crippen LogP contribution is 2.26. The molecule has 3 aliphatic rings.